The molecular formula is C9H11NO2. The van der Waals surface area contributed by atoms with E-state index in [4.69, 9.17) is 0 Å². The van der Waals surface area contributed by atoms with Crippen molar-refractivity contribution in [2.24, 2.45) is 5.34 Å². The monoisotopic (exact) mass is 165 g/mol. The van der Waals surface area contributed by atoms with Gasteiger partial charge in [0.25, 0.3) is 0 Å². The van der Waals surface area contributed by atoms with Gasteiger partial charge in [0.2, 0.25) is 0 Å². The van der Waals surface area contributed by atoms with Crippen molar-refractivity contribution in [1.82, 2.24) is 0 Å². The predicted octanol–water partition coefficient (Wildman–Crippen LogP) is 2.32. The van der Waals surface area contributed by atoms with E-state index in [1.165, 1.54) is 5.56 Å². The first-order chi connectivity index (χ1) is 5.93. The molecule has 0 aliphatic heterocycles. The van der Waals surface area contributed by atoms with E-state index in [9.17, 15) is 4.91 Å². The van der Waals surface area contributed by atoms with Crippen LogP contribution < -0.4 is 0 Å². The molecule has 0 bridgehead atoms. The zero-order valence-electron chi connectivity index (χ0n) is 6.77. The molecule has 0 N–H and O–H groups in total. The lowest BCUT2D eigenvalue weighted by Gasteiger charge is -1.97. The Labute approximate surface area is 71.3 Å². The maximum absolute atomic E-state index is 9.54. The minimum atomic E-state index is 0.401. The third-order valence-corrected chi connectivity index (χ3v) is 1.60. The highest BCUT2D eigenvalue weighted by Gasteiger charge is 1.91. The second-order valence-corrected chi connectivity index (χ2v) is 2.50. The van der Waals surface area contributed by atoms with Gasteiger partial charge in [-0.15, -0.1) is 4.91 Å². The van der Waals surface area contributed by atoms with Gasteiger partial charge in [-0.05, 0) is 18.4 Å². The minimum Gasteiger partial charge on any atom is -0.364 e. The number of hydrogen-bond acceptors (Lipinski definition) is 3. The second kappa shape index (κ2) is 5.29. The third-order valence-electron chi connectivity index (χ3n) is 1.60. The fourth-order valence-corrected chi connectivity index (χ4v) is 1.02. The van der Waals surface area contributed by atoms with Gasteiger partial charge in [0, 0.05) is 0 Å². The smallest absolute Gasteiger partial charge is 0.155 e. The molecule has 0 saturated carbocycles. The Morgan fingerprint density at radius 1 is 1.25 bits per heavy atom. The van der Waals surface area contributed by atoms with Crippen LogP contribution in [0.3, 0.4) is 0 Å². The van der Waals surface area contributed by atoms with Crippen molar-refractivity contribution in [3.8, 4) is 0 Å². The van der Waals surface area contributed by atoms with E-state index in [2.05, 4.69) is 10.2 Å². The fraction of sp³-hybridized carbons (Fsp3) is 0.333. The van der Waals surface area contributed by atoms with Crippen LogP contribution in [0.1, 0.15) is 12.0 Å². The summed E-state index contributed by atoms with van der Waals surface area (Å²) in [4.78, 5) is 13.9. The molecule has 64 valence electrons. The van der Waals surface area contributed by atoms with Crippen LogP contribution in [-0.2, 0) is 11.3 Å². The zero-order valence-corrected chi connectivity index (χ0v) is 6.77. The first kappa shape index (κ1) is 8.71. The van der Waals surface area contributed by atoms with Crippen molar-refractivity contribution in [2.45, 2.75) is 12.8 Å². The lowest BCUT2D eigenvalue weighted by Crippen LogP contribution is -1.91. The summed E-state index contributed by atoms with van der Waals surface area (Å²) in [5, 5.41) is 2.32. The van der Waals surface area contributed by atoms with Crippen LogP contribution in [0.5, 0.6) is 0 Å². The van der Waals surface area contributed by atoms with Crippen LogP contribution in [0, 0.1) is 4.91 Å². The summed E-state index contributed by atoms with van der Waals surface area (Å²) >= 11 is 0. The molecule has 12 heavy (non-hydrogen) atoms. The highest BCUT2D eigenvalue weighted by atomic mass is 16.7. The summed E-state index contributed by atoms with van der Waals surface area (Å²) in [5.74, 6) is 0. The molecule has 3 heteroatoms. The van der Waals surface area contributed by atoms with Gasteiger partial charge < -0.3 is 4.84 Å². The quantitative estimate of drug-likeness (QED) is 0.381. The van der Waals surface area contributed by atoms with Crippen LogP contribution in [0.25, 0.3) is 0 Å². The van der Waals surface area contributed by atoms with Gasteiger partial charge in [-0.3, -0.25) is 0 Å². The number of aryl methyl sites for hydroxylation is 1. The molecule has 0 heterocycles. The van der Waals surface area contributed by atoms with Gasteiger partial charge in [0.15, 0.2) is 5.34 Å². The van der Waals surface area contributed by atoms with Crippen LogP contribution in [0.4, 0.5) is 0 Å². The first-order valence-corrected chi connectivity index (χ1v) is 3.92. The van der Waals surface area contributed by atoms with E-state index in [1.54, 1.807) is 0 Å². The molecule has 0 radical (unpaired) electrons. The van der Waals surface area contributed by atoms with Crippen molar-refractivity contribution in [3.05, 3.63) is 40.8 Å². The van der Waals surface area contributed by atoms with Crippen molar-refractivity contribution in [2.75, 3.05) is 6.61 Å². The Balaban J connectivity index is 2.20. The second-order valence-electron chi connectivity index (χ2n) is 2.50. The van der Waals surface area contributed by atoms with E-state index in [-0.39, 0.29) is 0 Å². The van der Waals surface area contributed by atoms with Gasteiger partial charge in [-0.2, -0.15) is 0 Å². The Kier molecular flexibility index (Phi) is 3.84. The summed E-state index contributed by atoms with van der Waals surface area (Å²) in [6.07, 6.45) is 1.76. The predicted molar refractivity (Wildman–Crippen MR) is 46.5 cm³/mol. The Bertz CT molecular complexity index is 223. The first-order valence-electron chi connectivity index (χ1n) is 3.92. The largest absolute Gasteiger partial charge is 0.364 e. The molecule has 0 unspecified atom stereocenters. The summed E-state index contributed by atoms with van der Waals surface area (Å²) in [6, 6.07) is 10.1. The molecular weight excluding hydrogens is 154 g/mol. The average Bonchev–Trinajstić information content (AvgIpc) is 2.14. The minimum absolute atomic E-state index is 0.401. The SMILES string of the molecule is O=NOCCCc1ccccc1. The highest BCUT2D eigenvalue weighted by molar-refractivity contribution is 5.14. The average molecular weight is 165 g/mol. The Morgan fingerprint density at radius 3 is 2.67 bits per heavy atom. The number of nitrogens with zero attached hydrogens (tertiary/aromatic N) is 1. The maximum Gasteiger partial charge on any atom is 0.155 e. The Hall–Kier alpha value is -1.38. The van der Waals surface area contributed by atoms with Crippen LogP contribution in [-0.4, -0.2) is 6.61 Å². The maximum atomic E-state index is 9.54. The molecule has 1 rings (SSSR count). The summed E-state index contributed by atoms with van der Waals surface area (Å²) in [6.45, 7) is 0.401. The summed E-state index contributed by atoms with van der Waals surface area (Å²) < 4.78 is 0. The zero-order chi connectivity index (χ0) is 8.65. The molecule has 0 saturated heterocycles. The molecule has 0 amide bonds. The van der Waals surface area contributed by atoms with E-state index in [1.807, 2.05) is 30.3 Å². The van der Waals surface area contributed by atoms with Crippen molar-refractivity contribution in [1.29, 1.82) is 0 Å². The lowest BCUT2D eigenvalue weighted by atomic mass is 10.1. The van der Waals surface area contributed by atoms with Crippen molar-refractivity contribution in [3.63, 3.8) is 0 Å². The molecule has 0 atom stereocenters. The number of rotatable bonds is 5. The van der Waals surface area contributed by atoms with Crippen LogP contribution in [0.15, 0.2) is 35.7 Å². The molecule has 0 aliphatic rings. The summed E-state index contributed by atoms with van der Waals surface area (Å²) in [7, 11) is 0. The lowest BCUT2D eigenvalue weighted by molar-refractivity contribution is 0.137. The van der Waals surface area contributed by atoms with Crippen molar-refractivity contribution >= 4 is 0 Å². The van der Waals surface area contributed by atoms with Crippen molar-refractivity contribution < 1.29 is 4.84 Å². The Morgan fingerprint density at radius 2 is 2.00 bits per heavy atom. The van der Waals surface area contributed by atoms with Gasteiger partial charge in [0.1, 0.15) is 6.61 Å². The third kappa shape index (κ3) is 3.14. The van der Waals surface area contributed by atoms with Crippen LogP contribution in [0.2, 0.25) is 0 Å². The van der Waals surface area contributed by atoms with E-state index < -0.39 is 0 Å². The molecule has 1 aromatic rings. The van der Waals surface area contributed by atoms with E-state index in [0.29, 0.717) is 6.61 Å². The topological polar surface area (TPSA) is 38.7 Å². The molecule has 0 aromatic heterocycles. The number of benzene rings is 1. The van der Waals surface area contributed by atoms with Gasteiger partial charge >= 0.3 is 0 Å². The standard InChI is InChI=1S/C9H11NO2/c11-10-12-8-4-7-9-5-2-1-3-6-9/h1-3,5-6H,4,7-8H2. The van der Waals surface area contributed by atoms with E-state index in [0.717, 1.165) is 12.8 Å². The summed E-state index contributed by atoms with van der Waals surface area (Å²) in [5.41, 5.74) is 1.26. The molecule has 0 fully saturated rings. The molecule has 0 spiro atoms. The molecule has 0 aliphatic carbocycles. The van der Waals surface area contributed by atoms with Gasteiger partial charge in [-0.25, -0.2) is 0 Å². The fourth-order valence-electron chi connectivity index (χ4n) is 1.02. The van der Waals surface area contributed by atoms with E-state index >= 15 is 0 Å². The number of hydrogen-bond donors (Lipinski definition) is 0. The normalized spacial score (nSPS) is 9.33. The molecule has 1 aromatic carbocycles. The van der Waals surface area contributed by atoms with Crippen LogP contribution >= 0.6 is 0 Å². The molecule has 3 nitrogen and oxygen atoms in total. The van der Waals surface area contributed by atoms with Gasteiger partial charge in [-0.1, -0.05) is 30.3 Å². The highest BCUT2D eigenvalue weighted by Crippen LogP contribution is 2.01. The van der Waals surface area contributed by atoms with Gasteiger partial charge in [0.05, 0.1) is 0 Å².